The molecule has 1 heterocycles. The summed E-state index contributed by atoms with van der Waals surface area (Å²) in [5.74, 6) is -0.0233. The Kier molecular flexibility index (Phi) is 6.19. The molecular weight excluding hydrogens is 340 g/mol. The third-order valence-electron chi connectivity index (χ3n) is 3.46. The van der Waals surface area contributed by atoms with Crippen LogP contribution < -0.4 is 10.6 Å². The van der Waals surface area contributed by atoms with Crippen LogP contribution in [0.25, 0.3) is 11.5 Å². The number of imide groups is 1. The van der Waals surface area contributed by atoms with Gasteiger partial charge in [0, 0.05) is 11.6 Å². The van der Waals surface area contributed by atoms with E-state index < -0.39 is 17.2 Å². The standard InChI is InChI=1S/C17H22N4O3S/c1-9(2)18-16(23)19-14(22)12(5)25-17-21-20-15(24-17)13-7-6-10(3)11(4)8-13/h6-9,12H,1-5H3,(H2,18,19,22,23)/t12-/m1/s1. The summed E-state index contributed by atoms with van der Waals surface area (Å²) in [5, 5.41) is 12.6. The average molecular weight is 362 g/mol. The first-order chi connectivity index (χ1) is 11.8. The fourth-order valence-corrected chi connectivity index (χ4v) is 2.65. The molecule has 0 aliphatic rings. The summed E-state index contributed by atoms with van der Waals surface area (Å²) in [7, 11) is 0. The molecule has 134 valence electrons. The van der Waals surface area contributed by atoms with E-state index in [4.69, 9.17) is 4.42 Å². The number of nitrogens with one attached hydrogen (secondary N) is 2. The Morgan fingerprint density at radius 2 is 1.84 bits per heavy atom. The van der Waals surface area contributed by atoms with Crippen LogP contribution in [-0.4, -0.2) is 33.4 Å². The highest BCUT2D eigenvalue weighted by Gasteiger charge is 2.20. The Balaban J connectivity index is 1.99. The molecular formula is C17H22N4O3S. The van der Waals surface area contributed by atoms with Gasteiger partial charge in [-0.1, -0.05) is 17.8 Å². The molecule has 0 bridgehead atoms. The van der Waals surface area contributed by atoms with Gasteiger partial charge in [-0.3, -0.25) is 10.1 Å². The molecule has 1 aromatic heterocycles. The molecule has 0 fully saturated rings. The molecule has 2 N–H and O–H groups in total. The summed E-state index contributed by atoms with van der Waals surface area (Å²) in [5.41, 5.74) is 3.15. The van der Waals surface area contributed by atoms with E-state index in [0.717, 1.165) is 22.9 Å². The minimum absolute atomic E-state index is 0.0489. The van der Waals surface area contributed by atoms with Crippen LogP contribution in [-0.2, 0) is 4.79 Å². The topological polar surface area (TPSA) is 97.1 Å². The highest BCUT2D eigenvalue weighted by atomic mass is 32.2. The maximum absolute atomic E-state index is 12.0. The zero-order chi connectivity index (χ0) is 18.6. The summed E-state index contributed by atoms with van der Waals surface area (Å²) < 4.78 is 5.62. The highest BCUT2D eigenvalue weighted by molar-refractivity contribution is 8.00. The molecule has 2 aromatic rings. The number of urea groups is 1. The van der Waals surface area contributed by atoms with Crippen molar-refractivity contribution in [3.05, 3.63) is 29.3 Å². The maximum atomic E-state index is 12.0. The molecule has 2 rings (SSSR count). The highest BCUT2D eigenvalue weighted by Crippen LogP contribution is 2.27. The number of carbonyl (C=O) groups is 2. The van der Waals surface area contributed by atoms with E-state index in [1.807, 2.05) is 45.9 Å². The lowest BCUT2D eigenvalue weighted by Crippen LogP contribution is -2.45. The SMILES string of the molecule is Cc1ccc(-c2nnc(S[C@H](C)C(=O)NC(=O)NC(C)C)o2)cc1C. The van der Waals surface area contributed by atoms with Gasteiger partial charge in [0.1, 0.15) is 0 Å². The second-order valence-electron chi connectivity index (χ2n) is 6.05. The third kappa shape index (κ3) is 5.32. The van der Waals surface area contributed by atoms with E-state index in [1.165, 1.54) is 5.56 Å². The van der Waals surface area contributed by atoms with Crippen LogP contribution in [0.5, 0.6) is 0 Å². The lowest BCUT2D eigenvalue weighted by Gasteiger charge is -2.11. The predicted octanol–water partition coefficient (Wildman–Crippen LogP) is 3.07. The second-order valence-corrected chi connectivity index (χ2v) is 7.34. The van der Waals surface area contributed by atoms with Gasteiger partial charge in [-0.05, 0) is 57.9 Å². The number of nitrogens with zero attached hydrogens (tertiary/aromatic N) is 2. The lowest BCUT2D eigenvalue weighted by molar-refractivity contribution is -0.119. The van der Waals surface area contributed by atoms with E-state index in [0.29, 0.717) is 5.89 Å². The van der Waals surface area contributed by atoms with Gasteiger partial charge in [0.2, 0.25) is 11.8 Å². The Morgan fingerprint density at radius 1 is 1.12 bits per heavy atom. The molecule has 8 heteroatoms. The van der Waals surface area contributed by atoms with Gasteiger partial charge >= 0.3 is 6.03 Å². The summed E-state index contributed by atoms with van der Waals surface area (Å²) >= 11 is 1.10. The number of rotatable bonds is 5. The fraction of sp³-hybridized carbons (Fsp3) is 0.412. The summed E-state index contributed by atoms with van der Waals surface area (Å²) in [4.78, 5) is 23.6. The van der Waals surface area contributed by atoms with Crippen molar-refractivity contribution in [3.8, 4) is 11.5 Å². The summed E-state index contributed by atoms with van der Waals surface area (Å²) in [6.45, 7) is 9.34. The molecule has 0 spiro atoms. The second kappa shape index (κ2) is 8.15. The molecule has 0 aliphatic carbocycles. The van der Waals surface area contributed by atoms with Gasteiger partial charge in [0.25, 0.3) is 5.22 Å². The van der Waals surface area contributed by atoms with Gasteiger partial charge in [-0.2, -0.15) is 0 Å². The molecule has 0 radical (unpaired) electrons. The van der Waals surface area contributed by atoms with Crippen molar-refractivity contribution in [2.45, 2.75) is 51.1 Å². The van der Waals surface area contributed by atoms with E-state index in [1.54, 1.807) is 6.92 Å². The number of hydrogen-bond donors (Lipinski definition) is 2. The number of carbonyl (C=O) groups excluding carboxylic acids is 2. The summed E-state index contributed by atoms with van der Waals surface area (Å²) in [6.07, 6.45) is 0. The van der Waals surface area contributed by atoms with Crippen LogP contribution in [0.3, 0.4) is 0 Å². The molecule has 0 unspecified atom stereocenters. The minimum Gasteiger partial charge on any atom is -0.411 e. The zero-order valence-electron chi connectivity index (χ0n) is 14.9. The van der Waals surface area contributed by atoms with Crippen LogP contribution in [0.4, 0.5) is 4.79 Å². The van der Waals surface area contributed by atoms with Crippen molar-refractivity contribution in [3.63, 3.8) is 0 Å². The smallest absolute Gasteiger partial charge is 0.321 e. The molecule has 1 atom stereocenters. The van der Waals surface area contributed by atoms with Crippen LogP contribution in [0.1, 0.15) is 31.9 Å². The first kappa shape index (κ1) is 19.0. The number of aryl methyl sites for hydroxylation is 2. The molecule has 0 saturated carbocycles. The van der Waals surface area contributed by atoms with Gasteiger partial charge in [-0.15, -0.1) is 10.2 Å². The van der Waals surface area contributed by atoms with Gasteiger partial charge < -0.3 is 9.73 Å². The van der Waals surface area contributed by atoms with Crippen molar-refractivity contribution in [2.24, 2.45) is 0 Å². The Bertz CT molecular complexity index is 773. The maximum Gasteiger partial charge on any atom is 0.321 e. The normalized spacial score (nSPS) is 12.1. The van der Waals surface area contributed by atoms with Crippen molar-refractivity contribution in [2.75, 3.05) is 0 Å². The number of aromatic nitrogens is 2. The third-order valence-corrected chi connectivity index (χ3v) is 4.40. The molecule has 7 nitrogen and oxygen atoms in total. The lowest BCUT2D eigenvalue weighted by atomic mass is 10.1. The van der Waals surface area contributed by atoms with Crippen molar-refractivity contribution in [1.29, 1.82) is 0 Å². The van der Waals surface area contributed by atoms with Crippen LogP contribution >= 0.6 is 11.8 Å². The Morgan fingerprint density at radius 3 is 2.48 bits per heavy atom. The van der Waals surface area contributed by atoms with E-state index in [9.17, 15) is 9.59 Å². The molecule has 3 amide bonds. The average Bonchev–Trinajstić information content (AvgIpc) is 2.97. The van der Waals surface area contributed by atoms with Crippen LogP contribution in [0.15, 0.2) is 27.8 Å². The van der Waals surface area contributed by atoms with Crippen molar-refractivity contribution in [1.82, 2.24) is 20.8 Å². The van der Waals surface area contributed by atoms with E-state index in [2.05, 4.69) is 20.8 Å². The quantitative estimate of drug-likeness (QED) is 0.794. The predicted molar refractivity (Wildman–Crippen MR) is 96.3 cm³/mol. The fourth-order valence-electron chi connectivity index (χ4n) is 1.97. The van der Waals surface area contributed by atoms with Crippen molar-refractivity contribution < 1.29 is 14.0 Å². The zero-order valence-corrected chi connectivity index (χ0v) is 15.7. The first-order valence-corrected chi connectivity index (χ1v) is 8.83. The summed E-state index contributed by atoms with van der Waals surface area (Å²) in [6, 6.07) is 5.31. The largest absolute Gasteiger partial charge is 0.411 e. The van der Waals surface area contributed by atoms with E-state index in [-0.39, 0.29) is 11.3 Å². The molecule has 0 aliphatic heterocycles. The number of thioether (sulfide) groups is 1. The minimum atomic E-state index is -0.550. The molecule has 0 saturated heterocycles. The molecule has 1 aromatic carbocycles. The Labute approximate surface area is 151 Å². The number of amides is 3. The van der Waals surface area contributed by atoms with Crippen LogP contribution in [0, 0.1) is 13.8 Å². The van der Waals surface area contributed by atoms with Gasteiger partial charge in [-0.25, -0.2) is 4.79 Å². The monoisotopic (exact) mass is 362 g/mol. The van der Waals surface area contributed by atoms with Crippen LogP contribution in [0.2, 0.25) is 0 Å². The number of benzene rings is 1. The molecule has 25 heavy (non-hydrogen) atoms. The van der Waals surface area contributed by atoms with Gasteiger partial charge in [0.05, 0.1) is 5.25 Å². The van der Waals surface area contributed by atoms with Gasteiger partial charge in [0.15, 0.2) is 0 Å². The Hall–Kier alpha value is -2.35. The van der Waals surface area contributed by atoms with Crippen molar-refractivity contribution >= 4 is 23.7 Å². The first-order valence-electron chi connectivity index (χ1n) is 7.95. The number of hydrogen-bond acceptors (Lipinski definition) is 6. The van der Waals surface area contributed by atoms with E-state index >= 15 is 0 Å².